The van der Waals surface area contributed by atoms with Gasteiger partial charge >= 0.3 is 0 Å². The largest absolute Gasteiger partial charge is 0.491 e. The maximum atomic E-state index is 5.70. The number of benzene rings is 2. The Bertz CT molecular complexity index is 670. The van der Waals surface area contributed by atoms with Crippen LogP contribution in [-0.4, -0.2) is 11.2 Å². The van der Waals surface area contributed by atoms with Gasteiger partial charge in [0.1, 0.15) is 5.75 Å². The van der Waals surface area contributed by atoms with E-state index in [0.29, 0.717) is 5.11 Å². The summed E-state index contributed by atoms with van der Waals surface area (Å²) in [5, 5.41) is 7.14. The summed E-state index contributed by atoms with van der Waals surface area (Å²) in [6.07, 6.45) is 0.149. The Morgan fingerprint density at radius 2 is 1.78 bits per heavy atom. The Labute approximate surface area is 144 Å². The highest BCUT2D eigenvalue weighted by Gasteiger charge is 2.09. The van der Waals surface area contributed by atoms with Gasteiger partial charge in [-0.15, -0.1) is 0 Å². The molecule has 0 aliphatic heterocycles. The monoisotopic (exact) mass is 328 g/mol. The zero-order valence-electron chi connectivity index (χ0n) is 14.1. The molecule has 0 amide bonds. The number of hydrogen-bond acceptors (Lipinski definition) is 2. The van der Waals surface area contributed by atoms with Crippen molar-refractivity contribution in [1.82, 2.24) is 5.32 Å². The summed E-state index contributed by atoms with van der Waals surface area (Å²) in [5.41, 5.74) is 3.41. The average molecular weight is 328 g/mol. The second kappa shape index (κ2) is 7.97. The van der Waals surface area contributed by atoms with E-state index in [0.717, 1.165) is 11.4 Å². The van der Waals surface area contributed by atoms with Gasteiger partial charge in [-0.25, -0.2) is 0 Å². The van der Waals surface area contributed by atoms with Crippen LogP contribution in [0.3, 0.4) is 0 Å². The number of rotatable bonds is 5. The number of aryl methyl sites for hydroxylation is 1. The first kappa shape index (κ1) is 17.3. The van der Waals surface area contributed by atoms with Crippen molar-refractivity contribution in [3.8, 4) is 5.75 Å². The van der Waals surface area contributed by atoms with Crippen LogP contribution >= 0.6 is 12.2 Å². The maximum absolute atomic E-state index is 5.70. The summed E-state index contributed by atoms with van der Waals surface area (Å²) < 4.78 is 5.70. The van der Waals surface area contributed by atoms with E-state index in [1.165, 1.54) is 11.1 Å². The van der Waals surface area contributed by atoms with Crippen molar-refractivity contribution in [3.63, 3.8) is 0 Å². The van der Waals surface area contributed by atoms with E-state index in [9.17, 15) is 0 Å². The third-order valence-corrected chi connectivity index (χ3v) is 3.69. The first-order valence-corrected chi connectivity index (χ1v) is 8.26. The lowest BCUT2D eigenvalue weighted by atomic mass is 10.0. The summed E-state index contributed by atoms with van der Waals surface area (Å²) in [7, 11) is 0. The topological polar surface area (TPSA) is 33.3 Å². The second-order valence-corrected chi connectivity index (χ2v) is 6.28. The molecule has 4 heteroatoms. The molecule has 0 heterocycles. The van der Waals surface area contributed by atoms with Gasteiger partial charge in [-0.1, -0.05) is 30.3 Å². The Balaban J connectivity index is 1.98. The highest BCUT2D eigenvalue weighted by Crippen LogP contribution is 2.20. The van der Waals surface area contributed by atoms with Gasteiger partial charge in [0.2, 0.25) is 0 Å². The van der Waals surface area contributed by atoms with Gasteiger partial charge < -0.3 is 15.4 Å². The first-order valence-electron chi connectivity index (χ1n) is 7.85. The van der Waals surface area contributed by atoms with Crippen molar-refractivity contribution in [2.45, 2.75) is 39.8 Å². The Hall–Kier alpha value is -2.07. The van der Waals surface area contributed by atoms with Gasteiger partial charge in [0.15, 0.2) is 5.11 Å². The quantitative estimate of drug-likeness (QED) is 0.770. The molecule has 0 saturated heterocycles. The van der Waals surface area contributed by atoms with E-state index in [-0.39, 0.29) is 12.1 Å². The molecule has 0 aromatic heterocycles. The van der Waals surface area contributed by atoms with Crippen molar-refractivity contribution in [3.05, 3.63) is 59.7 Å². The van der Waals surface area contributed by atoms with Crippen LogP contribution in [-0.2, 0) is 0 Å². The minimum Gasteiger partial charge on any atom is -0.491 e. The number of hydrogen-bond donors (Lipinski definition) is 2. The Kier molecular flexibility index (Phi) is 5.99. The van der Waals surface area contributed by atoms with Crippen molar-refractivity contribution in [1.29, 1.82) is 0 Å². The molecule has 3 nitrogen and oxygen atoms in total. The first-order chi connectivity index (χ1) is 11.0. The smallest absolute Gasteiger partial charge is 0.171 e. The third-order valence-electron chi connectivity index (χ3n) is 3.47. The fourth-order valence-electron chi connectivity index (χ4n) is 2.43. The molecule has 0 spiro atoms. The fraction of sp³-hybridized carbons (Fsp3) is 0.316. The zero-order chi connectivity index (χ0) is 16.8. The van der Waals surface area contributed by atoms with Crippen LogP contribution in [0.4, 0.5) is 5.69 Å². The minimum absolute atomic E-state index is 0.145. The standard InChI is InChI=1S/C19H24N2OS/c1-13(2)22-17-10-7-9-16(12-17)21-19(23)20-15(4)18-11-6-5-8-14(18)3/h5-13,15H,1-4H3,(H2,20,21,23). The van der Waals surface area contributed by atoms with Crippen LogP contribution in [0.2, 0.25) is 0 Å². The van der Waals surface area contributed by atoms with Crippen molar-refractivity contribution in [2.75, 3.05) is 5.32 Å². The predicted octanol–water partition coefficient (Wildman–Crippen LogP) is 4.83. The SMILES string of the molecule is Cc1ccccc1C(C)NC(=S)Nc1cccc(OC(C)C)c1. The molecule has 0 saturated carbocycles. The molecule has 0 fully saturated rings. The van der Waals surface area contributed by atoms with Crippen molar-refractivity contribution in [2.24, 2.45) is 0 Å². The molecule has 0 bridgehead atoms. The molecule has 122 valence electrons. The van der Waals surface area contributed by atoms with Gasteiger partial charge in [-0.3, -0.25) is 0 Å². The molecule has 2 N–H and O–H groups in total. The molecule has 23 heavy (non-hydrogen) atoms. The van der Waals surface area contributed by atoms with Crippen LogP contribution in [0.15, 0.2) is 48.5 Å². The molecule has 1 unspecified atom stereocenters. The summed E-state index contributed by atoms with van der Waals surface area (Å²) in [6, 6.07) is 16.3. The summed E-state index contributed by atoms with van der Waals surface area (Å²) in [5.74, 6) is 0.833. The summed E-state index contributed by atoms with van der Waals surface area (Å²) in [4.78, 5) is 0. The van der Waals surface area contributed by atoms with Crippen LogP contribution in [0.25, 0.3) is 0 Å². The van der Waals surface area contributed by atoms with Crippen molar-refractivity contribution >= 4 is 23.0 Å². The predicted molar refractivity (Wildman–Crippen MR) is 101 cm³/mol. The van der Waals surface area contributed by atoms with E-state index < -0.39 is 0 Å². The molecule has 0 aliphatic carbocycles. The van der Waals surface area contributed by atoms with E-state index >= 15 is 0 Å². The fourth-order valence-corrected chi connectivity index (χ4v) is 2.73. The van der Waals surface area contributed by atoms with Gasteiger partial charge in [0.05, 0.1) is 12.1 Å². The number of nitrogens with one attached hydrogen (secondary N) is 2. The highest BCUT2D eigenvalue weighted by molar-refractivity contribution is 7.80. The molecule has 1 atom stereocenters. The normalized spacial score (nSPS) is 11.9. The lowest BCUT2D eigenvalue weighted by Gasteiger charge is -2.19. The van der Waals surface area contributed by atoms with Gasteiger partial charge in [0.25, 0.3) is 0 Å². The third kappa shape index (κ3) is 5.25. The van der Waals surface area contributed by atoms with Crippen LogP contribution in [0.5, 0.6) is 5.75 Å². The molecular weight excluding hydrogens is 304 g/mol. The van der Waals surface area contributed by atoms with E-state index in [4.69, 9.17) is 17.0 Å². The molecule has 2 rings (SSSR count). The van der Waals surface area contributed by atoms with E-state index in [1.54, 1.807) is 0 Å². The highest BCUT2D eigenvalue weighted by atomic mass is 32.1. The Morgan fingerprint density at radius 3 is 2.48 bits per heavy atom. The zero-order valence-corrected chi connectivity index (χ0v) is 14.9. The van der Waals surface area contributed by atoms with Crippen LogP contribution in [0.1, 0.15) is 37.9 Å². The van der Waals surface area contributed by atoms with Gasteiger partial charge in [0, 0.05) is 11.8 Å². The number of thiocarbonyl (C=S) groups is 1. The molecule has 2 aromatic rings. The lowest BCUT2D eigenvalue weighted by Crippen LogP contribution is -2.31. The minimum atomic E-state index is 0.145. The van der Waals surface area contributed by atoms with E-state index in [1.807, 2.05) is 50.2 Å². The van der Waals surface area contributed by atoms with E-state index in [2.05, 4.69) is 36.6 Å². The summed E-state index contributed by atoms with van der Waals surface area (Å²) in [6.45, 7) is 8.23. The molecule has 2 aromatic carbocycles. The van der Waals surface area contributed by atoms with Crippen molar-refractivity contribution < 1.29 is 4.74 Å². The van der Waals surface area contributed by atoms with Crippen LogP contribution in [0, 0.1) is 6.92 Å². The van der Waals surface area contributed by atoms with Gasteiger partial charge in [-0.2, -0.15) is 0 Å². The second-order valence-electron chi connectivity index (χ2n) is 5.87. The van der Waals surface area contributed by atoms with Gasteiger partial charge in [-0.05, 0) is 63.2 Å². The average Bonchev–Trinajstić information content (AvgIpc) is 2.47. The molecule has 0 radical (unpaired) electrons. The summed E-state index contributed by atoms with van der Waals surface area (Å²) >= 11 is 5.42. The molecule has 0 aliphatic rings. The lowest BCUT2D eigenvalue weighted by molar-refractivity contribution is 0.242. The Morgan fingerprint density at radius 1 is 1.04 bits per heavy atom. The number of ether oxygens (including phenoxy) is 1. The maximum Gasteiger partial charge on any atom is 0.171 e. The molecular formula is C19H24N2OS. The van der Waals surface area contributed by atoms with Crippen LogP contribution < -0.4 is 15.4 Å². The number of anilines is 1.